The van der Waals surface area contributed by atoms with Gasteiger partial charge in [-0.15, -0.1) is 11.8 Å². The summed E-state index contributed by atoms with van der Waals surface area (Å²) in [6, 6.07) is 5.84. The number of aromatic nitrogens is 2. The topological polar surface area (TPSA) is 73.8 Å². The first kappa shape index (κ1) is 23.0. The zero-order valence-electron chi connectivity index (χ0n) is 18.5. The maximum atomic E-state index is 12.1. The number of benzene rings is 1. The Labute approximate surface area is 197 Å². The van der Waals surface area contributed by atoms with E-state index in [0.717, 1.165) is 10.1 Å². The monoisotopic (exact) mass is 477 g/mol. The Morgan fingerprint density at radius 3 is 2.53 bits per heavy atom. The molecule has 0 spiro atoms. The summed E-state index contributed by atoms with van der Waals surface area (Å²) < 4.78 is 17.4. The van der Waals surface area contributed by atoms with Crippen molar-refractivity contribution in [1.82, 2.24) is 14.9 Å². The Hall–Kier alpha value is -2.19. The van der Waals surface area contributed by atoms with Crippen LogP contribution in [0, 0.1) is 6.92 Å². The summed E-state index contributed by atoms with van der Waals surface area (Å²) in [6.45, 7) is 6.74. The number of likely N-dealkylation sites (tertiary alicyclic amines) is 1. The maximum absolute atomic E-state index is 12.1. The third kappa shape index (κ3) is 5.98. The first-order valence-corrected chi connectivity index (χ1v) is 12.2. The maximum Gasteiger partial charge on any atom is 0.410 e. The van der Waals surface area contributed by atoms with Crippen LogP contribution in [0.25, 0.3) is 0 Å². The van der Waals surface area contributed by atoms with Crippen LogP contribution in [0.1, 0.15) is 45.1 Å². The van der Waals surface area contributed by atoms with E-state index in [1.165, 1.54) is 19.2 Å². The molecule has 2 fully saturated rings. The van der Waals surface area contributed by atoms with Crippen LogP contribution < -0.4 is 9.47 Å². The Bertz CT molecular complexity index is 962. The normalized spacial score (nSPS) is 16.8. The van der Waals surface area contributed by atoms with Gasteiger partial charge in [0.15, 0.2) is 0 Å². The minimum atomic E-state index is -0.272. The van der Waals surface area contributed by atoms with Gasteiger partial charge >= 0.3 is 6.09 Å². The van der Waals surface area contributed by atoms with Crippen molar-refractivity contribution in [1.29, 1.82) is 0 Å². The zero-order chi connectivity index (χ0) is 22.7. The number of hydrogen-bond donors (Lipinski definition) is 0. The van der Waals surface area contributed by atoms with E-state index in [-0.39, 0.29) is 18.3 Å². The van der Waals surface area contributed by atoms with E-state index in [2.05, 4.69) is 9.97 Å². The predicted molar refractivity (Wildman–Crippen MR) is 124 cm³/mol. The van der Waals surface area contributed by atoms with E-state index >= 15 is 0 Å². The molecule has 0 unspecified atom stereocenters. The summed E-state index contributed by atoms with van der Waals surface area (Å²) in [5, 5.41) is 1.27. The van der Waals surface area contributed by atoms with Crippen molar-refractivity contribution < 1.29 is 19.0 Å². The Kier molecular flexibility index (Phi) is 7.30. The lowest BCUT2D eigenvalue weighted by molar-refractivity contribution is 0.0505. The minimum absolute atomic E-state index is 0.0399. The molecular weight excluding hydrogens is 450 g/mol. The van der Waals surface area contributed by atoms with E-state index in [1.807, 2.05) is 50.7 Å². The van der Waals surface area contributed by atoms with E-state index in [0.29, 0.717) is 54.0 Å². The first-order valence-electron chi connectivity index (χ1n) is 11.0. The highest BCUT2D eigenvalue weighted by Gasteiger charge is 2.27. The first-order chi connectivity index (χ1) is 15.4. The number of piperidine rings is 1. The fourth-order valence-corrected chi connectivity index (χ4v) is 4.72. The van der Waals surface area contributed by atoms with Crippen molar-refractivity contribution in [3.63, 3.8) is 0 Å². The molecule has 1 amide bonds. The summed E-state index contributed by atoms with van der Waals surface area (Å²) in [6.07, 6.45) is 4.94. The highest BCUT2D eigenvalue weighted by Crippen LogP contribution is 2.42. The van der Waals surface area contributed by atoms with Crippen LogP contribution in [-0.4, -0.2) is 51.5 Å². The summed E-state index contributed by atoms with van der Waals surface area (Å²) >= 11 is 8.30. The largest absolute Gasteiger partial charge is 0.474 e. The lowest BCUT2D eigenvalue weighted by Crippen LogP contribution is -2.42. The van der Waals surface area contributed by atoms with Crippen LogP contribution in [0.4, 0.5) is 4.79 Å². The van der Waals surface area contributed by atoms with Gasteiger partial charge in [-0.2, -0.15) is 0 Å². The Balaban J connectivity index is 1.36. The van der Waals surface area contributed by atoms with Crippen LogP contribution in [0.2, 0.25) is 5.02 Å². The molecule has 0 atom stereocenters. The second-order valence-corrected chi connectivity index (χ2v) is 10.1. The van der Waals surface area contributed by atoms with Crippen LogP contribution in [0.15, 0.2) is 29.4 Å². The van der Waals surface area contributed by atoms with E-state index in [4.69, 9.17) is 25.8 Å². The van der Waals surface area contributed by atoms with Gasteiger partial charge in [0.25, 0.3) is 0 Å². The van der Waals surface area contributed by atoms with Gasteiger partial charge in [-0.3, -0.25) is 0 Å². The standard InChI is InChI=1S/C23H28ClN3O4S/c1-14(2)29-23(28)27-10-8-16(9-11-27)30-21-15(3)22(26-13-25-21)31-20-7-6-18(12-19(20)24)32-17-4-5-17/h6-7,12-14,16-17H,4-5,8-11H2,1-3H3. The van der Waals surface area contributed by atoms with E-state index in [9.17, 15) is 4.79 Å². The van der Waals surface area contributed by atoms with Gasteiger partial charge in [0.05, 0.1) is 16.7 Å². The molecule has 0 bridgehead atoms. The van der Waals surface area contributed by atoms with Gasteiger partial charge in [-0.25, -0.2) is 14.8 Å². The molecule has 1 aliphatic carbocycles. The summed E-state index contributed by atoms with van der Waals surface area (Å²) in [7, 11) is 0. The Morgan fingerprint density at radius 2 is 1.88 bits per heavy atom. The molecule has 7 nitrogen and oxygen atoms in total. The minimum Gasteiger partial charge on any atom is -0.474 e. The van der Waals surface area contributed by atoms with Crippen LogP contribution >= 0.6 is 23.4 Å². The van der Waals surface area contributed by atoms with E-state index < -0.39 is 0 Å². The van der Waals surface area contributed by atoms with Crippen molar-refractivity contribution in [3.05, 3.63) is 35.1 Å². The van der Waals surface area contributed by atoms with Gasteiger partial charge in [0, 0.05) is 36.1 Å². The number of ether oxygens (including phenoxy) is 3. The molecule has 9 heteroatoms. The lowest BCUT2D eigenvalue weighted by atomic mass is 10.1. The average molecular weight is 478 g/mol. The molecular formula is C23H28ClN3O4S. The number of rotatable bonds is 7. The zero-order valence-corrected chi connectivity index (χ0v) is 20.1. The molecule has 2 aliphatic rings. The molecule has 32 heavy (non-hydrogen) atoms. The van der Waals surface area contributed by atoms with Crippen LogP contribution in [0.5, 0.6) is 17.5 Å². The summed E-state index contributed by atoms with van der Waals surface area (Å²) in [5.74, 6) is 1.45. The van der Waals surface area contributed by atoms with Gasteiger partial charge in [0.2, 0.25) is 11.8 Å². The summed E-state index contributed by atoms with van der Waals surface area (Å²) in [4.78, 5) is 23.5. The van der Waals surface area contributed by atoms with Crippen LogP contribution in [-0.2, 0) is 4.74 Å². The van der Waals surface area contributed by atoms with Crippen molar-refractivity contribution in [2.45, 2.75) is 68.8 Å². The number of thioether (sulfide) groups is 1. The smallest absolute Gasteiger partial charge is 0.410 e. The van der Waals surface area contributed by atoms with Crippen molar-refractivity contribution in [3.8, 4) is 17.5 Å². The van der Waals surface area contributed by atoms with E-state index in [1.54, 1.807) is 4.90 Å². The van der Waals surface area contributed by atoms with Crippen LogP contribution in [0.3, 0.4) is 0 Å². The average Bonchev–Trinajstić information content (AvgIpc) is 3.57. The molecule has 2 aromatic rings. The third-order valence-electron chi connectivity index (χ3n) is 5.24. The summed E-state index contributed by atoms with van der Waals surface area (Å²) in [5.41, 5.74) is 0.710. The number of nitrogens with zero attached hydrogens (tertiary/aromatic N) is 3. The molecule has 1 saturated carbocycles. The SMILES string of the molecule is Cc1c(Oc2ccc(SC3CC3)cc2Cl)ncnc1OC1CCN(C(=O)OC(C)C)CC1. The molecule has 1 aliphatic heterocycles. The van der Waals surface area contributed by atoms with Gasteiger partial charge < -0.3 is 19.1 Å². The predicted octanol–water partition coefficient (Wildman–Crippen LogP) is 5.87. The fourth-order valence-electron chi connectivity index (χ4n) is 3.35. The highest BCUT2D eigenvalue weighted by molar-refractivity contribution is 8.00. The molecule has 1 saturated heterocycles. The molecule has 172 valence electrons. The number of carbonyl (C=O) groups is 1. The second-order valence-electron chi connectivity index (χ2n) is 8.36. The molecule has 2 heterocycles. The lowest BCUT2D eigenvalue weighted by Gasteiger charge is -2.31. The number of hydrogen-bond acceptors (Lipinski definition) is 7. The van der Waals surface area contributed by atoms with Crippen molar-refractivity contribution in [2.24, 2.45) is 0 Å². The van der Waals surface area contributed by atoms with Gasteiger partial charge in [-0.1, -0.05) is 11.6 Å². The van der Waals surface area contributed by atoms with Crippen molar-refractivity contribution in [2.75, 3.05) is 13.1 Å². The Morgan fingerprint density at radius 1 is 1.16 bits per heavy atom. The molecule has 4 rings (SSSR count). The molecule has 0 N–H and O–H groups in total. The number of amides is 1. The van der Waals surface area contributed by atoms with Gasteiger partial charge in [0.1, 0.15) is 18.2 Å². The molecule has 1 aromatic carbocycles. The third-order valence-corrected chi connectivity index (χ3v) is 6.87. The molecule has 0 radical (unpaired) electrons. The van der Waals surface area contributed by atoms with Gasteiger partial charge in [-0.05, 0) is 51.8 Å². The fraction of sp³-hybridized carbons (Fsp3) is 0.522. The second kappa shape index (κ2) is 10.2. The highest BCUT2D eigenvalue weighted by atomic mass is 35.5. The van der Waals surface area contributed by atoms with Crippen molar-refractivity contribution >= 4 is 29.5 Å². The number of carbonyl (C=O) groups excluding carboxylic acids is 1. The quantitative estimate of drug-likeness (QED) is 0.493. The molecule has 1 aromatic heterocycles. The number of halogens is 1.